The number of carbonyl (C=O) groups excluding carboxylic acids is 1. The number of likely N-dealkylation sites (tertiary alicyclic amines) is 1. The van der Waals surface area contributed by atoms with Gasteiger partial charge in [0.15, 0.2) is 0 Å². The Morgan fingerprint density at radius 1 is 1.05 bits per heavy atom. The predicted molar refractivity (Wildman–Crippen MR) is 78.7 cm³/mol. The summed E-state index contributed by atoms with van der Waals surface area (Å²) in [6.07, 6.45) is 6.68. The molecule has 2 rings (SSSR count). The predicted octanol–water partition coefficient (Wildman–Crippen LogP) is 2.79. The molecular weight excluding hydrogens is 236 g/mol. The van der Waals surface area contributed by atoms with Crippen LogP contribution in [0, 0.1) is 17.3 Å². The molecule has 0 aromatic carbocycles. The van der Waals surface area contributed by atoms with Gasteiger partial charge in [0.25, 0.3) is 0 Å². The van der Waals surface area contributed by atoms with E-state index < -0.39 is 0 Å². The standard InChI is InChI=1S/C16H30N2O/c1-16(2,3)12-8-10-18(11-9-12)15(19)13-6-4-5-7-14(13)17/h12-14H,4-11,17H2,1-3H3. The molecule has 1 saturated carbocycles. The molecule has 110 valence electrons. The van der Waals surface area contributed by atoms with Gasteiger partial charge in [-0.15, -0.1) is 0 Å². The van der Waals surface area contributed by atoms with E-state index in [1.807, 2.05) is 0 Å². The Hall–Kier alpha value is -0.570. The topological polar surface area (TPSA) is 46.3 Å². The Balaban J connectivity index is 1.88. The summed E-state index contributed by atoms with van der Waals surface area (Å²) in [4.78, 5) is 14.6. The van der Waals surface area contributed by atoms with E-state index >= 15 is 0 Å². The molecule has 2 unspecified atom stereocenters. The van der Waals surface area contributed by atoms with Crippen molar-refractivity contribution >= 4 is 5.91 Å². The third kappa shape index (κ3) is 3.50. The average Bonchev–Trinajstić information content (AvgIpc) is 2.38. The van der Waals surface area contributed by atoms with E-state index in [2.05, 4.69) is 25.7 Å². The van der Waals surface area contributed by atoms with Crippen LogP contribution in [0.4, 0.5) is 0 Å². The lowest BCUT2D eigenvalue weighted by molar-refractivity contribution is -0.139. The molecule has 19 heavy (non-hydrogen) atoms. The minimum atomic E-state index is 0.0972. The molecule has 2 aliphatic rings. The molecule has 1 aliphatic carbocycles. The molecule has 3 heteroatoms. The van der Waals surface area contributed by atoms with Gasteiger partial charge in [0.1, 0.15) is 0 Å². The largest absolute Gasteiger partial charge is 0.342 e. The number of carbonyl (C=O) groups is 1. The Morgan fingerprint density at radius 2 is 1.63 bits per heavy atom. The molecule has 2 N–H and O–H groups in total. The number of piperidine rings is 1. The number of rotatable bonds is 1. The third-order valence-corrected chi connectivity index (χ3v) is 5.17. The smallest absolute Gasteiger partial charge is 0.227 e. The second kappa shape index (κ2) is 5.82. The molecule has 0 spiro atoms. The number of hydrogen-bond donors (Lipinski definition) is 1. The van der Waals surface area contributed by atoms with Crippen molar-refractivity contribution in [3.63, 3.8) is 0 Å². The molecule has 0 aromatic rings. The summed E-state index contributed by atoms with van der Waals surface area (Å²) in [5, 5.41) is 0. The lowest BCUT2D eigenvalue weighted by Gasteiger charge is -2.41. The van der Waals surface area contributed by atoms with Crippen molar-refractivity contribution < 1.29 is 4.79 Å². The van der Waals surface area contributed by atoms with Gasteiger partial charge < -0.3 is 10.6 Å². The molecule has 0 bridgehead atoms. The van der Waals surface area contributed by atoms with Crippen LogP contribution in [-0.4, -0.2) is 29.9 Å². The van der Waals surface area contributed by atoms with E-state index in [4.69, 9.17) is 5.73 Å². The van der Waals surface area contributed by atoms with E-state index in [0.29, 0.717) is 11.3 Å². The van der Waals surface area contributed by atoms with Gasteiger partial charge in [0.2, 0.25) is 5.91 Å². The Bertz CT molecular complexity index is 313. The molecule has 1 aliphatic heterocycles. The first kappa shape index (κ1) is 14.8. The zero-order valence-electron chi connectivity index (χ0n) is 12.8. The first-order valence-corrected chi connectivity index (χ1v) is 7.94. The molecular formula is C16H30N2O. The summed E-state index contributed by atoms with van der Waals surface area (Å²) in [6.45, 7) is 8.80. The van der Waals surface area contributed by atoms with E-state index in [-0.39, 0.29) is 12.0 Å². The van der Waals surface area contributed by atoms with Crippen molar-refractivity contribution in [1.29, 1.82) is 0 Å². The second-order valence-electron chi connectivity index (χ2n) is 7.52. The van der Waals surface area contributed by atoms with Crippen LogP contribution in [-0.2, 0) is 4.79 Å². The fraction of sp³-hybridized carbons (Fsp3) is 0.938. The van der Waals surface area contributed by atoms with Gasteiger partial charge in [-0.2, -0.15) is 0 Å². The van der Waals surface area contributed by atoms with Crippen LogP contribution < -0.4 is 5.73 Å². The van der Waals surface area contributed by atoms with Crippen LogP contribution in [0.25, 0.3) is 0 Å². The fourth-order valence-corrected chi connectivity index (χ4v) is 3.67. The van der Waals surface area contributed by atoms with Crippen molar-refractivity contribution in [2.75, 3.05) is 13.1 Å². The normalized spacial score (nSPS) is 30.4. The first-order valence-electron chi connectivity index (χ1n) is 7.94. The van der Waals surface area contributed by atoms with Gasteiger partial charge in [-0.25, -0.2) is 0 Å². The van der Waals surface area contributed by atoms with E-state index in [1.165, 1.54) is 12.8 Å². The summed E-state index contributed by atoms with van der Waals surface area (Å²) in [5.41, 5.74) is 6.51. The lowest BCUT2D eigenvalue weighted by atomic mass is 9.75. The van der Waals surface area contributed by atoms with Crippen LogP contribution in [0.1, 0.15) is 59.3 Å². The van der Waals surface area contributed by atoms with Crippen LogP contribution in [0.15, 0.2) is 0 Å². The van der Waals surface area contributed by atoms with Crippen molar-refractivity contribution in [3.05, 3.63) is 0 Å². The van der Waals surface area contributed by atoms with E-state index in [1.54, 1.807) is 0 Å². The highest BCUT2D eigenvalue weighted by Gasteiger charge is 2.35. The number of hydrogen-bond acceptors (Lipinski definition) is 2. The molecule has 1 heterocycles. The van der Waals surface area contributed by atoms with Crippen molar-refractivity contribution in [2.45, 2.75) is 65.3 Å². The highest BCUT2D eigenvalue weighted by molar-refractivity contribution is 5.79. The summed E-state index contributed by atoms with van der Waals surface area (Å²) in [7, 11) is 0. The van der Waals surface area contributed by atoms with Gasteiger partial charge >= 0.3 is 0 Å². The Labute approximate surface area is 117 Å². The lowest BCUT2D eigenvalue weighted by Crippen LogP contribution is -2.49. The van der Waals surface area contributed by atoms with Gasteiger partial charge in [0.05, 0.1) is 5.92 Å². The summed E-state index contributed by atoms with van der Waals surface area (Å²) < 4.78 is 0. The number of amides is 1. The summed E-state index contributed by atoms with van der Waals surface area (Å²) >= 11 is 0. The van der Waals surface area contributed by atoms with E-state index in [0.717, 1.165) is 44.7 Å². The van der Waals surface area contributed by atoms with Crippen LogP contribution in [0.2, 0.25) is 0 Å². The van der Waals surface area contributed by atoms with Crippen LogP contribution >= 0.6 is 0 Å². The number of nitrogens with two attached hydrogens (primary N) is 1. The SMILES string of the molecule is CC(C)(C)C1CCN(C(=O)C2CCCCC2N)CC1. The zero-order chi connectivity index (χ0) is 14.0. The molecule has 2 atom stereocenters. The zero-order valence-corrected chi connectivity index (χ0v) is 12.8. The molecule has 0 aromatic heterocycles. The molecule has 1 saturated heterocycles. The third-order valence-electron chi connectivity index (χ3n) is 5.17. The molecule has 2 fully saturated rings. The highest BCUT2D eigenvalue weighted by Crippen LogP contribution is 2.35. The monoisotopic (exact) mass is 266 g/mol. The molecule has 0 radical (unpaired) electrons. The average molecular weight is 266 g/mol. The van der Waals surface area contributed by atoms with Gasteiger partial charge in [-0.1, -0.05) is 33.6 Å². The minimum Gasteiger partial charge on any atom is -0.342 e. The summed E-state index contributed by atoms with van der Waals surface area (Å²) in [5.74, 6) is 1.18. The maximum atomic E-state index is 12.6. The fourth-order valence-electron chi connectivity index (χ4n) is 3.67. The highest BCUT2D eigenvalue weighted by atomic mass is 16.2. The summed E-state index contributed by atoms with van der Waals surface area (Å²) in [6, 6.07) is 0.0987. The Morgan fingerprint density at radius 3 is 2.16 bits per heavy atom. The van der Waals surface area contributed by atoms with Gasteiger partial charge in [-0.3, -0.25) is 4.79 Å². The maximum absolute atomic E-state index is 12.6. The second-order valence-corrected chi connectivity index (χ2v) is 7.52. The number of nitrogens with zero attached hydrogens (tertiary/aromatic N) is 1. The van der Waals surface area contributed by atoms with Crippen molar-refractivity contribution in [2.24, 2.45) is 23.0 Å². The Kier molecular flexibility index (Phi) is 4.54. The molecule has 1 amide bonds. The first-order chi connectivity index (χ1) is 8.89. The van der Waals surface area contributed by atoms with Crippen LogP contribution in [0.3, 0.4) is 0 Å². The minimum absolute atomic E-state index is 0.0972. The van der Waals surface area contributed by atoms with Crippen LogP contribution in [0.5, 0.6) is 0 Å². The quantitative estimate of drug-likeness (QED) is 0.793. The maximum Gasteiger partial charge on any atom is 0.227 e. The van der Waals surface area contributed by atoms with Gasteiger partial charge in [-0.05, 0) is 37.0 Å². The van der Waals surface area contributed by atoms with Gasteiger partial charge in [0, 0.05) is 19.1 Å². The molecule has 3 nitrogen and oxygen atoms in total. The van der Waals surface area contributed by atoms with Crippen molar-refractivity contribution in [3.8, 4) is 0 Å². The van der Waals surface area contributed by atoms with Crippen molar-refractivity contribution in [1.82, 2.24) is 4.90 Å². The van der Waals surface area contributed by atoms with E-state index in [9.17, 15) is 4.79 Å².